The first-order valence-electron chi connectivity index (χ1n) is 5.50. The Bertz CT molecular complexity index is 286. The maximum Gasteiger partial charge on any atom is 0.408 e. The lowest BCUT2D eigenvalue weighted by atomic mass is 10.0. The first kappa shape index (κ1) is 15.7. The van der Waals surface area contributed by atoms with Crippen LogP contribution in [0.25, 0.3) is 0 Å². The van der Waals surface area contributed by atoms with Gasteiger partial charge < -0.3 is 5.11 Å². The number of hydrogen-bond donors (Lipinski definition) is 1. The predicted octanol–water partition coefficient (Wildman–Crippen LogP) is 1.56. The van der Waals surface area contributed by atoms with Gasteiger partial charge in [-0.25, -0.2) is 9.86 Å². The third-order valence-electron chi connectivity index (χ3n) is 2.50. The number of carbonyl (C=O) groups is 2. The molecule has 0 aromatic rings. The van der Waals surface area contributed by atoms with Gasteiger partial charge in [-0.05, 0) is 27.2 Å². The molecule has 0 aliphatic rings. The van der Waals surface area contributed by atoms with Crippen molar-refractivity contribution in [3.8, 4) is 0 Å². The average Bonchev–Trinajstić information content (AvgIpc) is 2.20. The third-order valence-corrected chi connectivity index (χ3v) is 2.50. The largest absolute Gasteiger partial charge is 0.465 e. The van der Waals surface area contributed by atoms with Crippen molar-refractivity contribution in [1.82, 2.24) is 9.96 Å². The van der Waals surface area contributed by atoms with E-state index in [4.69, 9.17) is 4.84 Å². The van der Waals surface area contributed by atoms with Gasteiger partial charge in [-0.15, -0.1) is 0 Å². The summed E-state index contributed by atoms with van der Waals surface area (Å²) in [7, 11) is 2.83. The number of carboxylic acid groups (broad SMARTS) is 1. The fraction of sp³-hybridized carbons (Fsp3) is 0.818. The normalized spacial score (nSPS) is 13.1. The molecule has 100 valence electrons. The van der Waals surface area contributed by atoms with Crippen molar-refractivity contribution in [2.75, 3.05) is 14.2 Å². The molecule has 6 nitrogen and oxygen atoms in total. The van der Waals surface area contributed by atoms with Crippen LogP contribution in [0.2, 0.25) is 0 Å². The van der Waals surface area contributed by atoms with E-state index in [9.17, 15) is 14.7 Å². The van der Waals surface area contributed by atoms with E-state index in [1.54, 1.807) is 27.7 Å². The Hall–Kier alpha value is -1.30. The lowest BCUT2D eigenvalue weighted by molar-refractivity contribution is -0.175. The molecule has 0 rings (SSSR count). The third kappa shape index (κ3) is 3.89. The molecule has 0 saturated heterocycles. The van der Waals surface area contributed by atoms with Crippen LogP contribution < -0.4 is 0 Å². The summed E-state index contributed by atoms with van der Waals surface area (Å²) in [6.07, 6.45) is -0.710. The summed E-state index contributed by atoms with van der Waals surface area (Å²) in [4.78, 5) is 29.2. The van der Waals surface area contributed by atoms with Crippen LogP contribution in [-0.2, 0) is 9.63 Å². The lowest BCUT2D eigenvalue weighted by Crippen LogP contribution is -2.56. The van der Waals surface area contributed by atoms with E-state index in [0.717, 1.165) is 9.96 Å². The van der Waals surface area contributed by atoms with Gasteiger partial charge in [0.2, 0.25) is 0 Å². The van der Waals surface area contributed by atoms with Crippen molar-refractivity contribution in [3.63, 3.8) is 0 Å². The molecule has 17 heavy (non-hydrogen) atoms. The Morgan fingerprint density at radius 1 is 1.35 bits per heavy atom. The molecule has 1 atom stereocenters. The van der Waals surface area contributed by atoms with Gasteiger partial charge in [0.05, 0.1) is 7.11 Å². The molecule has 0 bridgehead atoms. The van der Waals surface area contributed by atoms with E-state index in [0.29, 0.717) is 6.42 Å². The van der Waals surface area contributed by atoms with Crippen molar-refractivity contribution in [1.29, 1.82) is 0 Å². The van der Waals surface area contributed by atoms with Gasteiger partial charge in [0.1, 0.15) is 6.04 Å². The fourth-order valence-corrected chi connectivity index (χ4v) is 1.66. The van der Waals surface area contributed by atoms with Crippen LogP contribution in [0.1, 0.15) is 34.1 Å². The van der Waals surface area contributed by atoms with Gasteiger partial charge >= 0.3 is 6.09 Å². The zero-order valence-electron chi connectivity index (χ0n) is 11.4. The van der Waals surface area contributed by atoms with Gasteiger partial charge in [-0.3, -0.25) is 14.5 Å². The molecule has 0 fully saturated rings. The average molecular weight is 246 g/mol. The summed E-state index contributed by atoms with van der Waals surface area (Å²) >= 11 is 0. The number of hydroxylamine groups is 2. The van der Waals surface area contributed by atoms with E-state index >= 15 is 0 Å². The molecule has 1 N–H and O–H groups in total. The second-order valence-corrected chi connectivity index (χ2v) is 4.77. The molecule has 0 saturated carbocycles. The second-order valence-electron chi connectivity index (χ2n) is 4.77. The summed E-state index contributed by atoms with van der Waals surface area (Å²) < 4.78 is 0. The number of rotatable bonds is 4. The molecular formula is C11H22N2O4. The van der Waals surface area contributed by atoms with Crippen LogP contribution in [-0.4, -0.2) is 52.8 Å². The Balaban J connectivity index is 5.19. The minimum absolute atomic E-state index is 0.368. The van der Waals surface area contributed by atoms with Gasteiger partial charge in [0.25, 0.3) is 5.91 Å². The first-order valence-corrected chi connectivity index (χ1v) is 5.50. The highest BCUT2D eigenvalue weighted by Gasteiger charge is 2.37. The Morgan fingerprint density at radius 3 is 2.06 bits per heavy atom. The summed E-state index contributed by atoms with van der Waals surface area (Å²) in [5, 5.41) is 10.3. The Kier molecular flexibility index (Phi) is 5.41. The second kappa shape index (κ2) is 5.86. The topological polar surface area (TPSA) is 70.1 Å². The first-order chi connectivity index (χ1) is 7.66. The van der Waals surface area contributed by atoms with Crippen molar-refractivity contribution >= 4 is 12.0 Å². The van der Waals surface area contributed by atoms with Crippen molar-refractivity contribution < 1.29 is 19.5 Å². The molecule has 0 aromatic heterocycles. The van der Waals surface area contributed by atoms with Crippen LogP contribution in [0.15, 0.2) is 0 Å². The van der Waals surface area contributed by atoms with Crippen LogP contribution in [0.4, 0.5) is 4.79 Å². The van der Waals surface area contributed by atoms with Crippen molar-refractivity contribution in [3.05, 3.63) is 0 Å². The fourth-order valence-electron chi connectivity index (χ4n) is 1.66. The van der Waals surface area contributed by atoms with Gasteiger partial charge in [-0.1, -0.05) is 6.92 Å². The van der Waals surface area contributed by atoms with Crippen LogP contribution in [0.3, 0.4) is 0 Å². The maximum absolute atomic E-state index is 12.0. The van der Waals surface area contributed by atoms with Gasteiger partial charge in [0, 0.05) is 12.6 Å². The van der Waals surface area contributed by atoms with E-state index in [2.05, 4.69) is 0 Å². The van der Waals surface area contributed by atoms with Gasteiger partial charge in [-0.2, -0.15) is 0 Å². The molecule has 0 aromatic carbocycles. The monoisotopic (exact) mass is 246 g/mol. The van der Waals surface area contributed by atoms with Gasteiger partial charge in [0.15, 0.2) is 0 Å². The Morgan fingerprint density at radius 2 is 1.82 bits per heavy atom. The summed E-state index contributed by atoms with van der Waals surface area (Å²) in [5.74, 6) is -0.368. The molecular weight excluding hydrogens is 224 g/mol. The van der Waals surface area contributed by atoms with Crippen LogP contribution >= 0.6 is 0 Å². The van der Waals surface area contributed by atoms with E-state index in [1.165, 1.54) is 14.2 Å². The lowest BCUT2D eigenvalue weighted by Gasteiger charge is -2.39. The van der Waals surface area contributed by atoms with E-state index in [-0.39, 0.29) is 5.91 Å². The highest BCUT2D eigenvalue weighted by molar-refractivity contribution is 5.84. The molecule has 2 amide bonds. The van der Waals surface area contributed by atoms with Crippen molar-refractivity contribution in [2.24, 2.45) is 0 Å². The molecule has 0 aliphatic carbocycles. The summed E-state index contributed by atoms with van der Waals surface area (Å²) in [6, 6.07) is -0.738. The van der Waals surface area contributed by atoms with Crippen molar-refractivity contribution in [2.45, 2.75) is 45.7 Å². The molecule has 0 unspecified atom stereocenters. The standard InChI is InChI=1S/C11H22N2O4/c1-7-8(9(14)12(5)17-6)13(10(15)16)11(2,3)4/h8H,7H2,1-6H3,(H,15,16)/t8-/m1/s1. The number of carbonyl (C=O) groups excluding carboxylic acids is 1. The SMILES string of the molecule is CC[C@H](C(=O)N(C)OC)N(C(=O)O)C(C)(C)C. The number of hydrogen-bond acceptors (Lipinski definition) is 3. The minimum atomic E-state index is -1.11. The smallest absolute Gasteiger partial charge is 0.408 e. The summed E-state index contributed by atoms with van der Waals surface area (Å²) in [6.45, 7) is 7.03. The van der Waals surface area contributed by atoms with Crippen LogP contribution in [0, 0.1) is 0 Å². The summed E-state index contributed by atoms with van der Waals surface area (Å²) in [5.41, 5.74) is -0.642. The number of amides is 2. The molecule has 6 heteroatoms. The molecule has 0 radical (unpaired) electrons. The quantitative estimate of drug-likeness (QED) is 0.764. The molecule has 0 spiro atoms. The maximum atomic E-state index is 12.0. The molecule has 0 aliphatic heterocycles. The highest BCUT2D eigenvalue weighted by Crippen LogP contribution is 2.20. The Labute approximate surface area is 102 Å². The van der Waals surface area contributed by atoms with E-state index < -0.39 is 17.7 Å². The predicted molar refractivity (Wildman–Crippen MR) is 63.5 cm³/mol. The van der Waals surface area contributed by atoms with E-state index in [1.807, 2.05) is 0 Å². The number of likely N-dealkylation sites (N-methyl/N-ethyl adjacent to an activating group) is 1. The number of nitrogens with zero attached hydrogens (tertiary/aromatic N) is 2. The minimum Gasteiger partial charge on any atom is -0.465 e. The zero-order chi connectivity index (χ0) is 13.8. The zero-order valence-corrected chi connectivity index (χ0v) is 11.4. The highest BCUT2D eigenvalue weighted by atomic mass is 16.7. The van der Waals surface area contributed by atoms with Crippen LogP contribution in [0.5, 0.6) is 0 Å². The molecule has 0 heterocycles.